The Morgan fingerprint density at radius 2 is 1.06 bits per heavy atom. The lowest BCUT2D eigenvalue weighted by Gasteiger charge is -2.27. The van der Waals surface area contributed by atoms with Gasteiger partial charge in [0.2, 0.25) is 47.3 Å². The first-order valence-electron chi connectivity index (χ1n) is 22.2. The van der Waals surface area contributed by atoms with Crippen LogP contribution in [0, 0.1) is 5.92 Å². The summed E-state index contributed by atoms with van der Waals surface area (Å²) in [4.78, 5) is 114. The van der Waals surface area contributed by atoms with E-state index in [0.29, 0.717) is 16.9 Å². The number of aliphatic imine (C=N–C) groups is 2. The summed E-state index contributed by atoms with van der Waals surface area (Å²) >= 11 is 1.39. The van der Waals surface area contributed by atoms with Gasteiger partial charge in [-0.3, -0.25) is 48.3 Å². The molecule has 0 unspecified atom stereocenters. The summed E-state index contributed by atoms with van der Waals surface area (Å²) in [6.07, 6.45) is 2.42. The van der Waals surface area contributed by atoms with Gasteiger partial charge < -0.3 is 76.7 Å². The standard InChI is InChI=1S/C44H69N15O9S/c1-25(2)36(37(46)63)59-41(67)31(12-8-19-52-44(49)50)57-39(65)30(11-7-18-51-43(47)48)56-40(66)32(17-20-69-3)58-42(68)33(22-26-9-5-4-6-10-26)55-35(62)24-53-34(61)23-54-38(64)29(45)21-27-13-15-28(60)16-14-27/h4-6,9-10,13-16,25,29-33,36,60H,7-8,11-12,17-24,45H2,1-3H3,(H2,46,63)(H,53,61)(H,54,64)(H,55,62)(H,56,66)(H,57,65)(H,58,68)(H,59,67)(H4,47,48,51)(H4,49,50,52)/t29-,30-,31+,32-,33-,36-/m0/s1. The number of amides is 8. The van der Waals surface area contributed by atoms with Crippen LogP contribution in [-0.4, -0.2) is 139 Å². The molecule has 0 saturated heterocycles. The molecule has 0 saturated carbocycles. The van der Waals surface area contributed by atoms with Crippen molar-refractivity contribution >= 4 is 70.9 Å². The molecule has 25 heteroatoms. The number of hydrogen-bond acceptors (Lipinski definition) is 13. The SMILES string of the molecule is CSCC[C@H](NC(=O)[C@H](Cc1ccccc1)NC(=O)CNC(=O)CNC(=O)[C@@H](N)Cc1ccc(O)cc1)C(=O)N[C@@H](CCCN=C(N)N)C(=O)N[C@H](CCCN=C(N)N)C(=O)N[C@H](C(N)=O)C(C)C. The van der Waals surface area contributed by atoms with Gasteiger partial charge in [0.1, 0.15) is 36.0 Å². The van der Waals surface area contributed by atoms with Gasteiger partial charge in [-0.25, -0.2) is 0 Å². The highest BCUT2D eigenvalue weighted by molar-refractivity contribution is 7.98. The molecular formula is C44H69N15O9S. The monoisotopic (exact) mass is 984 g/mol. The lowest BCUT2D eigenvalue weighted by Crippen LogP contribution is -2.59. The number of carbonyl (C=O) groups is 8. The van der Waals surface area contributed by atoms with Gasteiger partial charge in [-0.1, -0.05) is 56.3 Å². The molecule has 0 bridgehead atoms. The Hall–Kier alpha value is -7.15. The van der Waals surface area contributed by atoms with E-state index < -0.39 is 96.6 Å². The third kappa shape index (κ3) is 23.4. The number of nitrogens with one attached hydrogen (secondary N) is 7. The minimum absolute atomic E-state index is 0.0193. The minimum Gasteiger partial charge on any atom is -0.508 e. The molecule has 0 radical (unpaired) electrons. The van der Waals surface area contributed by atoms with E-state index in [9.17, 15) is 43.5 Å². The van der Waals surface area contributed by atoms with Gasteiger partial charge in [-0.05, 0) is 79.7 Å². The Morgan fingerprint density at radius 3 is 1.55 bits per heavy atom. The summed E-state index contributed by atoms with van der Waals surface area (Å²) < 4.78 is 0. The molecule has 0 heterocycles. The second kappa shape index (κ2) is 31.0. The topological polar surface area (TPSA) is 422 Å². The van der Waals surface area contributed by atoms with Gasteiger partial charge in [-0.15, -0.1) is 0 Å². The first-order valence-corrected chi connectivity index (χ1v) is 23.6. The van der Waals surface area contributed by atoms with Crippen molar-refractivity contribution in [3.63, 3.8) is 0 Å². The summed E-state index contributed by atoms with van der Waals surface area (Å²) in [6.45, 7) is 2.49. The summed E-state index contributed by atoms with van der Waals surface area (Å²) in [6, 6.07) is 7.75. The average molecular weight is 984 g/mol. The average Bonchev–Trinajstić information content (AvgIpc) is 3.30. The highest BCUT2D eigenvalue weighted by Gasteiger charge is 2.33. The van der Waals surface area contributed by atoms with Gasteiger partial charge in [0, 0.05) is 19.5 Å². The Bertz CT molecular complexity index is 2070. The van der Waals surface area contributed by atoms with E-state index >= 15 is 0 Å². The zero-order valence-electron chi connectivity index (χ0n) is 39.2. The predicted octanol–water partition coefficient (Wildman–Crippen LogP) is -3.84. The number of aromatic hydroxyl groups is 1. The van der Waals surface area contributed by atoms with Crippen LogP contribution in [0.3, 0.4) is 0 Å². The predicted molar refractivity (Wildman–Crippen MR) is 262 cm³/mol. The maximum absolute atomic E-state index is 14.1. The van der Waals surface area contributed by atoms with Crippen molar-refractivity contribution in [3.05, 3.63) is 65.7 Å². The molecule has 0 aromatic heterocycles. The van der Waals surface area contributed by atoms with Gasteiger partial charge in [-0.2, -0.15) is 11.8 Å². The largest absolute Gasteiger partial charge is 0.508 e. The zero-order chi connectivity index (χ0) is 51.5. The second-order valence-electron chi connectivity index (χ2n) is 16.3. The number of carbonyl (C=O) groups excluding carboxylic acids is 8. The van der Waals surface area contributed by atoms with Crippen molar-refractivity contribution in [2.24, 2.45) is 50.3 Å². The summed E-state index contributed by atoms with van der Waals surface area (Å²) in [5.41, 5.74) is 34.7. The van der Waals surface area contributed by atoms with Crippen molar-refractivity contribution in [2.45, 2.75) is 95.0 Å². The van der Waals surface area contributed by atoms with Gasteiger partial charge in [0.25, 0.3) is 0 Å². The number of phenols is 1. The Morgan fingerprint density at radius 1 is 0.580 bits per heavy atom. The van der Waals surface area contributed by atoms with Crippen LogP contribution in [0.1, 0.15) is 57.1 Å². The fraction of sp³-hybridized carbons (Fsp3) is 0.500. The van der Waals surface area contributed by atoms with Crippen molar-refractivity contribution in [3.8, 4) is 5.75 Å². The molecule has 0 spiro atoms. The van der Waals surface area contributed by atoms with Crippen LogP contribution in [0.5, 0.6) is 5.75 Å². The lowest BCUT2D eigenvalue weighted by molar-refractivity contribution is -0.135. The van der Waals surface area contributed by atoms with Crippen molar-refractivity contribution in [1.82, 2.24) is 37.2 Å². The van der Waals surface area contributed by atoms with E-state index in [1.54, 1.807) is 62.6 Å². The summed E-state index contributed by atoms with van der Waals surface area (Å²) in [5.74, 6) is -6.21. The molecule has 2 aromatic carbocycles. The first-order chi connectivity index (χ1) is 32.7. The molecule has 0 aliphatic heterocycles. The number of benzene rings is 2. The Labute approximate surface area is 405 Å². The van der Waals surface area contributed by atoms with Crippen LogP contribution >= 0.6 is 11.8 Å². The molecule has 69 heavy (non-hydrogen) atoms. The van der Waals surface area contributed by atoms with Crippen LogP contribution < -0.4 is 71.6 Å². The Kier molecular flexibility index (Phi) is 26.0. The minimum atomic E-state index is -1.30. The van der Waals surface area contributed by atoms with E-state index in [1.807, 2.05) is 0 Å². The number of nitrogens with zero attached hydrogens (tertiary/aromatic N) is 2. The maximum atomic E-state index is 14.1. The van der Waals surface area contributed by atoms with Crippen LogP contribution in [-0.2, 0) is 51.2 Å². The molecule has 380 valence electrons. The number of guanidine groups is 2. The molecule has 24 nitrogen and oxygen atoms in total. The number of rotatable bonds is 31. The second-order valence-corrected chi connectivity index (χ2v) is 17.3. The zero-order valence-corrected chi connectivity index (χ0v) is 40.0. The van der Waals surface area contributed by atoms with Crippen molar-refractivity contribution < 1.29 is 43.5 Å². The normalized spacial score (nSPS) is 13.4. The number of primary amides is 1. The third-order valence-electron chi connectivity index (χ3n) is 10.2. The van der Waals surface area contributed by atoms with E-state index in [1.165, 1.54) is 23.9 Å². The molecule has 2 aromatic rings. The number of phenolic OH excluding ortho intramolecular Hbond substituents is 1. The quantitative estimate of drug-likeness (QED) is 0.0196. The fourth-order valence-electron chi connectivity index (χ4n) is 6.51. The van der Waals surface area contributed by atoms with Gasteiger partial charge >= 0.3 is 0 Å². The lowest BCUT2D eigenvalue weighted by atomic mass is 10.0. The molecule has 0 fully saturated rings. The van der Waals surface area contributed by atoms with Gasteiger partial charge in [0.15, 0.2) is 11.9 Å². The van der Waals surface area contributed by atoms with Crippen LogP contribution in [0.4, 0.5) is 0 Å². The van der Waals surface area contributed by atoms with E-state index in [2.05, 4.69) is 47.2 Å². The Balaban J connectivity index is 2.27. The fourth-order valence-corrected chi connectivity index (χ4v) is 6.98. The molecule has 8 amide bonds. The molecular weight excluding hydrogens is 915 g/mol. The molecule has 20 N–H and O–H groups in total. The third-order valence-corrected chi connectivity index (χ3v) is 10.8. The maximum Gasteiger partial charge on any atom is 0.243 e. The molecule has 0 aliphatic rings. The van der Waals surface area contributed by atoms with E-state index in [0.717, 1.165) is 0 Å². The van der Waals surface area contributed by atoms with E-state index in [-0.39, 0.29) is 81.6 Å². The van der Waals surface area contributed by atoms with Crippen LogP contribution in [0.2, 0.25) is 0 Å². The highest BCUT2D eigenvalue weighted by Crippen LogP contribution is 2.12. The number of hydrogen-bond donors (Lipinski definition) is 14. The van der Waals surface area contributed by atoms with Crippen molar-refractivity contribution in [1.29, 1.82) is 0 Å². The first kappa shape index (κ1) is 58.0. The molecule has 0 aliphatic carbocycles. The van der Waals surface area contributed by atoms with Crippen molar-refractivity contribution in [2.75, 3.05) is 38.2 Å². The van der Waals surface area contributed by atoms with E-state index in [4.69, 9.17) is 34.4 Å². The smallest absolute Gasteiger partial charge is 0.243 e. The van der Waals surface area contributed by atoms with Crippen LogP contribution in [0.25, 0.3) is 0 Å². The molecule has 2 rings (SSSR count). The highest BCUT2D eigenvalue weighted by atomic mass is 32.2. The van der Waals surface area contributed by atoms with Gasteiger partial charge in [0.05, 0.1) is 19.1 Å². The summed E-state index contributed by atoms with van der Waals surface area (Å²) in [7, 11) is 0. The van der Waals surface area contributed by atoms with Crippen LogP contribution in [0.15, 0.2) is 64.6 Å². The molecule has 6 atom stereocenters. The number of nitrogens with two attached hydrogens (primary N) is 6. The number of thioether (sulfide) groups is 1. The summed E-state index contributed by atoms with van der Waals surface area (Å²) in [5, 5.41) is 27.5.